The average Bonchev–Trinajstić information content (AvgIpc) is 3.21. The van der Waals surface area contributed by atoms with Crippen LogP contribution in [-0.2, 0) is 23.8 Å². The van der Waals surface area contributed by atoms with Gasteiger partial charge in [-0.2, -0.15) is 0 Å². The molecule has 0 saturated heterocycles. The average molecular weight is 824 g/mol. The number of carbonyl (C=O) groups is 3. The number of ether oxygens (including phenoxy) is 3. The molecule has 0 radical (unpaired) electrons. The first-order chi connectivity index (χ1) is 28.3. The van der Waals surface area contributed by atoms with Crippen molar-refractivity contribution in [2.45, 2.75) is 226 Å². The Morgan fingerprint density at radius 2 is 0.897 bits per heavy atom. The van der Waals surface area contributed by atoms with Gasteiger partial charge in [0.1, 0.15) is 6.61 Å². The number of rotatable bonds is 45. The zero-order chi connectivity index (χ0) is 42.6. The highest BCUT2D eigenvalue weighted by atomic mass is 16.5. The van der Waals surface area contributed by atoms with Gasteiger partial charge in [0.15, 0.2) is 0 Å². The minimum Gasteiger partial charge on any atom is -0.466 e. The summed E-state index contributed by atoms with van der Waals surface area (Å²) in [5, 5.41) is 2.86. The number of amides is 1. The Hall–Kier alpha value is -1.87. The van der Waals surface area contributed by atoms with E-state index in [4.69, 9.17) is 14.2 Å². The molecule has 0 fully saturated rings. The smallest absolute Gasteiger partial charge is 0.407 e. The predicted octanol–water partition coefficient (Wildman–Crippen LogP) is 12.8. The second-order valence-electron chi connectivity index (χ2n) is 17.3. The third-order valence-corrected chi connectivity index (χ3v) is 11.3. The zero-order valence-corrected chi connectivity index (χ0v) is 39.2. The van der Waals surface area contributed by atoms with E-state index in [1.165, 1.54) is 103 Å². The number of esters is 2. The topological polar surface area (TPSA) is 97.4 Å². The molecule has 0 spiro atoms. The van der Waals surface area contributed by atoms with E-state index in [-0.39, 0.29) is 23.9 Å². The summed E-state index contributed by atoms with van der Waals surface area (Å²) in [7, 11) is 4.06. The van der Waals surface area contributed by atoms with Gasteiger partial charge in [-0.25, -0.2) is 4.79 Å². The maximum Gasteiger partial charge on any atom is 0.407 e. The van der Waals surface area contributed by atoms with Gasteiger partial charge >= 0.3 is 18.0 Å². The van der Waals surface area contributed by atoms with Crippen LogP contribution in [0, 0.1) is 5.92 Å². The van der Waals surface area contributed by atoms with E-state index in [2.05, 4.69) is 35.9 Å². The number of carbonyl (C=O) groups excluding carboxylic acids is 3. The molecule has 0 aliphatic carbocycles. The van der Waals surface area contributed by atoms with E-state index in [0.717, 1.165) is 122 Å². The van der Waals surface area contributed by atoms with Crippen molar-refractivity contribution in [3.63, 3.8) is 0 Å². The minimum atomic E-state index is -0.342. The number of alkyl carbamates (subject to hydrolysis) is 1. The van der Waals surface area contributed by atoms with Gasteiger partial charge in [0.05, 0.1) is 19.1 Å². The summed E-state index contributed by atoms with van der Waals surface area (Å²) in [4.78, 5) is 41.9. The minimum absolute atomic E-state index is 0.0419. The molecule has 1 atom stereocenters. The van der Waals surface area contributed by atoms with Gasteiger partial charge in [-0.1, -0.05) is 168 Å². The third kappa shape index (κ3) is 40.9. The molecule has 0 saturated carbocycles. The summed E-state index contributed by atoms with van der Waals surface area (Å²) in [5.41, 5.74) is 0. The van der Waals surface area contributed by atoms with Gasteiger partial charge < -0.3 is 24.4 Å². The number of hydrogen-bond donors (Lipinski definition) is 1. The van der Waals surface area contributed by atoms with E-state index in [1.54, 1.807) is 0 Å². The quantitative estimate of drug-likeness (QED) is 0.0368. The summed E-state index contributed by atoms with van der Waals surface area (Å²) in [6, 6.07) is 0. The number of nitrogens with zero attached hydrogens (tertiary/aromatic N) is 2. The molecular weight excluding hydrogens is 727 g/mol. The molecular formula is C49H97N3O6. The maximum absolute atomic E-state index is 13.0. The van der Waals surface area contributed by atoms with Gasteiger partial charge in [-0.05, 0) is 85.1 Å². The monoisotopic (exact) mass is 824 g/mol. The molecule has 9 nitrogen and oxygen atoms in total. The fourth-order valence-corrected chi connectivity index (χ4v) is 7.50. The Bertz CT molecular complexity index is 904. The largest absolute Gasteiger partial charge is 0.466 e. The first-order valence-electron chi connectivity index (χ1n) is 24.9. The fraction of sp³-hybridized carbons (Fsp3) is 0.939. The molecule has 1 unspecified atom stereocenters. The molecule has 0 rings (SSSR count). The van der Waals surface area contributed by atoms with Crippen LogP contribution in [0.2, 0.25) is 0 Å². The van der Waals surface area contributed by atoms with Gasteiger partial charge in [0, 0.05) is 19.5 Å². The van der Waals surface area contributed by atoms with Crippen LogP contribution < -0.4 is 5.32 Å². The lowest BCUT2D eigenvalue weighted by atomic mass is 9.94. The predicted molar refractivity (Wildman–Crippen MR) is 245 cm³/mol. The van der Waals surface area contributed by atoms with E-state index >= 15 is 0 Å². The van der Waals surface area contributed by atoms with E-state index in [0.29, 0.717) is 32.8 Å². The van der Waals surface area contributed by atoms with Crippen LogP contribution in [0.1, 0.15) is 226 Å². The summed E-state index contributed by atoms with van der Waals surface area (Å²) < 4.78 is 16.8. The van der Waals surface area contributed by atoms with Gasteiger partial charge in [-0.3, -0.25) is 14.5 Å². The van der Waals surface area contributed by atoms with Crippen molar-refractivity contribution in [3.8, 4) is 0 Å². The Kier molecular flexibility index (Phi) is 43.2. The van der Waals surface area contributed by atoms with Crippen LogP contribution >= 0.6 is 0 Å². The summed E-state index contributed by atoms with van der Waals surface area (Å²) >= 11 is 0. The second-order valence-corrected chi connectivity index (χ2v) is 17.3. The van der Waals surface area contributed by atoms with Crippen molar-refractivity contribution in [1.82, 2.24) is 15.1 Å². The van der Waals surface area contributed by atoms with Crippen molar-refractivity contribution < 1.29 is 28.6 Å². The summed E-state index contributed by atoms with van der Waals surface area (Å²) in [6.45, 7) is 12.4. The third-order valence-electron chi connectivity index (χ3n) is 11.3. The highest BCUT2D eigenvalue weighted by Gasteiger charge is 2.19. The van der Waals surface area contributed by atoms with Crippen LogP contribution in [-0.4, -0.2) is 94.5 Å². The molecule has 1 amide bonds. The van der Waals surface area contributed by atoms with Gasteiger partial charge in [0.25, 0.3) is 0 Å². The van der Waals surface area contributed by atoms with E-state index < -0.39 is 0 Å². The van der Waals surface area contributed by atoms with E-state index in [9.17, 15) is 14.4 Å². The van der Waals surface area contributed by atoms with Crippen LogP contribution in [0.15, 0.2) is 0 Å². The normalized spacial score (nSPS) is 12.0. The molecule has 344 valence electrons. The lowest BCUT2D eigenvalue weighted by Crippen LogP contribution is -2.33. The molecule has 9 heteroatoms. The summed E-state index contributed by atoms with van der Waals surface area (Å²) in [6.07, 6.45) is 36.2. The first kappa shape index (κ1) is 56.1. The number of hydrogen-bond acceptors (Lipinski definition) is 8. The molecule has 0 heterocycles. The Labute approximate surface area is 359 Å². The van der Waals surface area contributed by atoms with Gasteiger partial charge in [-0.15, -0.1) is 0 Å². The van der Waals surface area contributed by atoms with Gasteiger partial charge in [0.2, 0.25) is 0 Å². The molecule has 0 aromatic carbocycles. The van der Waals surface area contributed by atoms with Crippen molar-refractivity contribution in [2.75, 3.05) is 66.6 Å². The van der Waals surface area contributed by atoms with Crippen LogP contribution in [0.3, 0.4) is 0 Å². The molecule has 0 aliphatic heterocycles. The van der Waals surface area contributed by atoms with Crippen molar-refractivity contribution in [3.05, 3.63) is 0 Å². The lowest BCUT2D eigenvalue weighted by molar-refractivity contribution is -0.149. The highest BCUT2D eigenvalue weighted by Crippen LogP contribution is 2.21. The second kappa shape index (κ2) is 44.7. The molecule has 0 aromatic heterocycles. The van der Waals surface area contributed by atoms with Crippen LogP contribution in [0.25, 0.3) is 0 Å². The number of nitrogens with one attached hydrogen (secondary N) is 1. The van der Waals surface area contributed by atoms with E-state index in [1.807, 2.05) is 14.1 Å². The molecule has 58 heavy (non-hydrogen) atoms. The van der Waals surface area contributed by atoms with Crippen molar-refractivity contribution in [2.24, 2.45) is 5.92 Å². The fourth-order valence-electron chi connectivity index (χ4n) is 7.50. The Morgan fingerprint density at radius 3 is 1.43 bits per heavy atom. The molecule has 0 aliphatic rings. The zero-order valence-electron chi connectivity index (χ0n) is 39.2. The summed E-state index contributed by atoms with van der Waals surface area (Å²) in [5.74, 6) is 0.0554. The molecule has 1 N–H and O–H groups in total. The standard InChI is InChI=1S/C49H97N3O6/c1-6-9-12-15-17-18-20-24-32-43-56-47(53)37-29-26-31-41-52(42-45-58-49(55)50-38-34-39-51(4)5)40-30-23-19-21-25-33-44-57-48(54)46(35-27-14-11-8-3)36-28-22-16-13-10-7-2/h46H,6-45H2,1-5H3,(H,50,55). The van der Waals surface area contributed by atoms with Crippen LogP contribution in [0.5, 0.6) is 0 Å². The van der Waals surface area contributed by atoms with Crippen LogP contribution in [0.4, 0.5) is 4.79 Å². The Balaban J connectivity index is 4.39. The maximum atomic E-state index is 13.0. The SMILES string of the molecule is CCCCCCCCCCCOC(=O)CCCCCN(CCCCCCCCOC(=O)C(CCCCCC)CCCCCCCC)CCOC(=O)NCCCN(C)C. The van der Waals surface area contributed by atoms with Crippen molar-refractivity contribution >= 4 is 18.0 Å². The first-order valence-corrected chi connectivity index (χ1v) is 24.9. The molecule has 0 bridgehead atoms. The number of unbranched alkanes of at least 4 members (excludes halogenated alkanes) is 23. The molecule has 0 aromatic rings. The Morgan fingerprint density at radius 1 is 0.448 bits per heavy atom. The highest BCUT2D eigenvalue weighted by molar-refractivity contribution is 5.72. The lowest BCUT2D eigenvalue weighted by Gasteiger charge is -2.22. The van der Waals surface area contributed by atoms with Crippen molar-refractivity contribution in [1.29, 1.82) is 0 Å².